The molecule has 18 heavy (non-hydrogen) atoms. The maximum Gasteiger partial charge on any atom is 0.348 e. The lowest BCUT2D eigenvalue weighted by molar-refractivity contribution is -0.138. The van der Waals surface area contributed by atoms with Gasteiger partial charge in [-0.3, -0.25) is 0 Å². The molecule has 0 bridgehead atoms. The summed E-state index contributed by atoms with van der Waals surface area (Å²) in [5, 5.41) is 9.53. The highest BCUT2D eigenvalue weighted by Gasteiger charge is 2.10. The Bertz CT molecular complexity index is 472. The lowest BCUT2D eigenvalue weighted by Crippen LogP contribution is -2.07. The lowest BCUT2D eigenvalue weighted by atomic mass is 10.1. The number of ether oxygens (including phenoxy) is 1. The number of halogens is 1. The Hall–Kier alpha value is -1.79. The number of esters is 1. The zero-order valence-corrected chi connectivity index (χ0v) is 10.9. The Labute approximate surface area is 112 Å². The Morgan fingerprint density at radius 3 is 2.67 bits per heavy atom. The second kappa shape index (κ2) is 7.52. The summed E-state index contributed by atoms with van der Waals surface area (Å²) in [6, 6.07) is 8.71. The van der Waals surface area contributed by atoms with Gasteiger partial charge in [0.05, 0.1) is 6.61 Å². The minimum absolute atomic E-state index is 0.00609. The fourth-order valence-corrected chi connectivity index (χ4v) is 1.38. The third-order valence-electron chi connectivity index (χ3n) is 2.25. The van der Waals surface area contributed by atoms with Crippen molar-refractivity contribution in [2.24, 2.45) is 0 Å². The molecule has 0 spiro atoms. The fraction of sp³-hybridized carbons (Fsp3) is 0.286. The average molecular weight is 264 g/mol. The third kappa shape index (κ3) is 4.60. The van der Waals surface area contributed by atoms with E-state index >= 15 is 0 Å². The van der Waals surface area contributed by atoms with E-state index in [1.807, 2.05) is 13.0 Å². The van der Waals surface area contributed by atoms with E-state index in [0.29, 0.717) is 11.6 Å². The number of nitriles is 1. The normalized spacial score (nSPS) is 10.8. The predicted octanol–water partition coefficient (Wildman–Crippen LogP) is 3.59. The van der Waals surface area contributed by atoms with Crippen molar-refractivity contribution in [3.8, 4) is 6.07 Å². The number of unbranched alkanes of at least 4 members (excludes halogenated alkanes) is 1. The molecule has 4 heteroatoms. The largest absolute Gasteiger partial charge is 0.462 e. The molecule has 0 aliphatic rings. The van der Waals surface area contributed by atoms with E-state index < -0.39 is 5.97 Å². The van der Waals surface area contributed by atoms with E-state index in [0.717, 1.165) is 18.4 Å². The summed E-state index contributed by atoms with van der Waals surface area (Å²) in [5.74, 6) is -0.582. The highest BCUT2D eigenvalue weighted by molar-refractivity contribution is 6.30. The highest BCUT2D eigenvalue weighted by atomic mass is 35.5. The summed E-state index contributed by atoms with van der Waals surface area (Å²) in [6.45, 7) is 2.34. The summed E-state index contributed by atoms with van der Waals surface area (Å²) in [7, 11) is 0. The van der Waals surface area contributed by atoms with Crippen molar-refractivity contribution in [1.82, 2.24) is 0 Å². The molecule has 0 saturated carbocycles. The summed E-state index contributed by atoms with van der Waals surface area (Å²) < 4.78 is 4.98. The predicted molar refractivity (Wildman–Crippen MR) is 70.9 cm³/mol. The van der Waals surface area contributed by atoms with E-state index in [-0.39, 0.29) is 5.57 Å². The van der Waals surface area contributed by atoms with Crippen molar-refractivity contribution >= 4 is 23.6 Å². The number of hydrogen-bond donors (Lipinski definition) is 0. The SMILES string of the molecule is CCCCOC(=O)C(C#N)=Cc1ccc(Cl)cc1. The van der Waals surface area contributed by atoms with Crippen molar-refractivity contribution in [2.45, 2.75) is 19.8 Å². The monoisotopic (exact) mass is 263 g/mol. The first-order chi connectivity index (χ1) is 8.67. The fourth-order valence-electron chi connectivity index (χ4n) is 1.25. The number of benzene rings is 1. The maximum atomic E-state index is 11.6. The van der Waals surface area contributed by atoms with Crippen LogP contribution in [-0.2, 0) is 9.53 Å². The maximum absolute atomic E-state index is 11.6. The van der Waals surface area contributed by atoms with Crippen LogP contribution in [0.25, 0.3) is 6.08 Å². The Morgan fingerprint density at radius 1 is 1.44 bits per heavy atom. The second-order valence-electron chi connectivity index (χ2n) is 3.71. The van der Waals surface area contributed by atoms with Crippen LogP contribution in [0.2, 0.25) is 5.02 Å². The van der Waals surface area contributed by atoms with E-state index in [9.17, 15) is 4.79 Å². The number of nitrogens with zero attached hydrogens (tertiary/aromatic N) is 1. The first-order valence-corrected chi connectivity index (χ1v) is 6.09. The summed E-state index contributed by atoms with van der Waals surface area (Å²) >= 11 is 5.75. The van der Waals surface area contributed by atoms with Gasteiger partial charge in [-0.05, 0) is 30.2 Å². The molecule has 0 heterocycles. The molecule has 0 saturated heterocycles. The van der Waals surface area contributed by atoms with Crippen LogP contribution in [0.5, 0.6) is 0 Å². The van der Waals surface area contributed by atoms with Gasteiger partial charge in [-0.1, -0.05) is 37.1 Å². The summed E-state index contributed by atoms with van der Waals surface area (Å²) in [6.07, 6.45) is 3.23. The quantitative estimate of drug-likeness (QED) is 0.353. The first-order valence-electron chi connectivity index (χ1n) is 5.72. The molecule has 1 aromatic rings. The summed E-state index contributed by atoms with van der Waals surface area (Å²) in [5.41, 5.74) is 0.733. The molecule has 0 aliphatic carbocycles. The molecule has 0 atom stereocenters. The van der Waals surface area contributed by atoms with Crippen LogP contribution < -0.4 is 0 Å². The van der Waals surface area contributed by atoms with Gasteiger partial charge in [-0.15, -0.1) is 0 Å². The molecule has 0 N–H and O–H groups in total. The Balaban J connectivity index is 2.74. The molecule has 0 aliphatic heterocycles. The molecule has 1 rings (SSSR count). The van der Waals surface area contributed by atoms with Gasteiger partial charge in [0, 0.05) is 5.02 Å². The van der Waals surface area contributed by atoms with Crippen LogP contribution in [0, 0.1) is 11.3 Å². The van der Waals surface area contributed by atoms with Crippen molar-refractivity contribution in [1.29, 1.82) is 5.26 Å². The number of carbonyl (C=O) groups excluding carboxylic acids is 1. The molecule has 1 aromatic carbocycles. The van der Waals surface area contributed by atoms with Gasteiger partial charge in [-0.2, -0.15) is 5.26 Å². The van der Waals surface area contributed by atoms with Crippen molar-refractivity contribution in [2.75, 3.05) is 6.61 Å². The van der Waals surface area contributed by atoms with Gasteiger partial charge >= 0.3 is 5.97 Å². The number of rotatable bonds is 5. The van der Waals surface area contributed by atoms with Crippen LogP contribution in [0.3, 0.4) is 0 Å². The highest BCUT2D eigenvalue weighted by Crippen LogP contribution is 2.13. The average Bonchev–Trinajstić information content (AvgIpc) is 2.38. The van der Waals surface area contributed by atoms with Gasteiger partial charge in [0.15, 0.2) is 0 Å². The molecule has 94 valence electrons. The smallest absolute Gasteiger partial charge is 0.348 e. The molecule has 0 unspecified atom stereocenters. The van der Waals surface area contributed by atoms with Crippen LogP contribution in [0.4, 0.5) is 0 Å². The summed E-state index contributed by atoms with van der Waals surface area (Å²) in [4.78, 5) is 11.6. The standard InChI is InChI=1S/C14H14ClNO2/c1-2-3-8-18-14(17)12(10-16)9-11-4-6-13(15)7-5-11/h4-7,9H,2-3,8H2,1H3. The van der Waals surface area contributed by atoms with Crippen LogP contribution in [-0.4, -0.2) is 12.6 Å². The second-order valence-corrected chi connectivity index (χ2v) is 4.15. The molecule has 0 aromatic heterocycles. The number of carbonyl (C=O) groups is 1. The van der Waals surface area contributed by atoms with Crippen molar-refractivity contribution < 1.29 is 9.53 Å². The van der Waals surface area contributed by atoms with Gasteiger partial charge in [0.1, 0.15) is 11.6 Å². The van der Waals surface area contributed by atoms with Crippen LogP contribution in [0.15, 0.2) is 29.8 Å². The Kier molecular flexibility index (Phi) is 5.96. The van der Waals surface area contributed by atoms with E-state index in [2.05, 4.69) is 0 Å². The van der Waals surface area contributed by atoms with Crippen molar-refractivity contribution in [3.63, 3.8) is 0 Å². The van der Waals surface area contributed by atoms with E-state index in [1.54, 1.807) is 24.3 Å². The van der Waals surface area contributed by atoms with Crippen LogP contribution >= 0.6 is 11.6 Å². The minimum Gasteiger partial charge on any atom is -0.462 e. The first kappa shape index (κ1) is 14.3. The molecule has 0 fully saturated rings. The molecule has 3 nitrogen and oxygen atoms in total. The van der Waals surface area contributed by atoms with Gasteiger partial charge in [0.2, 0.25) is 0 Å². The zero-order chi connectivity index (χ0) is 13.4. The zero-order valence-electron chi connectivity index (χ0n) is 10.1. The Morgan fingerprint density at radius 2 is 2.11 bits per heavy atom. The van der Waals surface area contributed by atoms with E-state index in [1.165, 1.54) is 6.08 Å². The topological polar surface area (TPSA) is 50.1 Å². The third-order valence-corrected chi connectivity index (χ3v) is 2.50. The minimum atomic E-state index is -0.582. The molecular formula is C14H14ClNO2. The van der Waals surface area contributed by atoms with E-state index in [4.69, 9.17) is 21.6 Å². The van der Waals surface area contributed by atoms with Gasteiger partial charge in [-0.25, -0.2) is 4.79 Å². The number of hydrogen-bond acceptors (Lipinski definition) is 3. The molecule has 0 amide bonds. The van der Waals surface area contributed by atoms with Crippen LogP contribution in [0.1, 0.15) is 25.3 Å². The van der Waals surface area contributed by atoms with Gasteiger partial charge in [0.25, 0.3) is 0 Å². The lowest BCUT2D eigenvalue weighted by Gasteiger charge is -2.02. The van der Waals surface area contributed by atoms with Crippen molar-refractivity contribution in [3.05, 3.63) is 40.4 Å². The molecular weight excluding hydrogens is 250 g/mol. The molecule has 0 radical (unpaired) electrons. The van der Waals surface area contributed by atoms with Gasteiger partial charge < -0.3 is 4.74 Å².